The minimum Gasteiger partial charge on any atom is -0.495 e. The van der Waals surface area contributed by atoms with Gasteiger partial charge in [0.1, 0.15) is 17.1 Å². The molecule has 1 aromatic carbocycles. The number of nitrogens with one attached hydrogen (secondary N) is 2. The van der Waals surface area contributed by atoms with E-state index < -0.39 is 0 Å². The average molecular weight is 606 g/mol. The molecule has 1 fully saturated rings. The number of halogens is 2. The monoisotopic (exact) mass is 604 g/mol. The van der Waals surface area contributed by atoms with E-state index in [0.29, 0.717) is 73.4 Å². The number of likely N-dealkylation sites (tertiary alicyclic amines) is 1. The molecular formula is C28H34Cl2N6O5. The Bertz CT molecular complexity index is 1490. The van der Waals surface area contributed by atoms with Gasteiger partial charge in [-0.25, -0.2) is 4.98 Å². The van der Waals surface area contributed by atoms with Gasteiger partial charge in [0.15, 0.2) is 0 Å². The Morgan fingerprint density at radius 3 is 2.39 bits per heavy atom. The third-order valence-electron chi connectivity index (χ3n) is 6.63. The van der Waals surface area contributed by atoms with Crippen LogP contribution in [0.5, 0.6) is 11.5 Å². The van der Waals surface area contributed by atoms with Crippen LogP contribution in [-0.4, -0.2) is 85.5 Å². The fourth-order valence-corrected chi connectivity index (χ4v) is 5.23. The molecule has 41 heavy (non-hydrogen) atoms. The van der Waals surface area contributed by atoms with Crippen molar-refractivity contribution >= 4 is 46.1 Å². The third kappa shape index (κ3) is 6.75. The standard InChI is InChI=1S/C28H34Cl2N6O5/c1-16(2)10-22(37)35-14-18(15-35)31-6-8-36-26-17(13-33-28(34-26)32-7-9-39-3)11-19(27(36)38)23-24(29)20(40-4)12-21(41-5)25(23)30/h10-13,18,31H,6-9,14-15H2,1-5H3,(H,32,33,34). The summed E-state index contributed by atoms with van der Waals surface area (Å²) < 4.78 is 17.5. The highest BCUT2D eigenvalue weighted by atomic mass is 35.5. The Balaban J connectivity index is 1.69. The van der Waals surface area contributed by atoms with Gasteiger partial charge in [-0.05, 0) is 19.9 Å². The maximum absolute atomic E-state index is 14.0. The number of hydrogen-bond acceptors (Lipinski definition) is 9. The van der Waals surface area contributed by atoms with Crippen molar-refractivity contribution in [2.75, 3.05) is 59.4 Å². The van der Waals surface area contributed by atoms with E-state index in [4.69, 9.17) is 37.4 Å². The first kappa shape index (κ1) is 30.6. The van der Waals surface area contributed by atoms with Crippen molar-refractivity contribution in [3.8, 4) is 22.6 Å². The normalized spacial score (nSPS) is 13.2. The summed E-state index contributed by atoms with van der Waals surface area (Å²) in [6.07, 6.45) is 3.28. The quantitative estimate of drug-likeness (QED) is 0.236. The van der Waals surface area contributed by atoms with Gasteiger partial charge in [0.2, 0.25) is 11.9 Å². The van der Waals surface area contributed by atoms with E-state index in [0.717, 1.165) is 5.57 Å². The van der Waals surface area contributed by atoms with Crippen LogP contribution >= 0.6 is 23.2 Å². The Labute approximate surface area is 248 Å². The Morgan fingerprint density at radius 1 is 1.10 bits per heavy atom. The molecule has 0 unspecified atom stereocenters. The van der Waals surface area contributed by atoms with Gasteiger partial charge >= 0.3 is 0 Å². The predicted octanol–water partition coefficient (Wildman–Crippen LogP) is 3.61. The molecule has 13 heteroatoms. The number of carbonyl (C=O) groups is 1. The average Bonchev–Trinajstić information content (AvgIpc) is 2.91. The molecule has 3 heterocycles. The minimum absolute atomic E-state index is 0.00522. The first-order valence-electron chi connectivity index (χ1n) is 13.1. The van der Waals surface area contributed by atoms with E-state index in [1.807, 2.05) is 13.8 Å². The van der Waals surface area contributed by atoms with Crippen molar-refractivity contribution in [3.05, 3.63) is 50.4 Å². The fourth-order valence-electron chi connectivity index (χ4n) is 4.52. The largest absolute Gasteiger partial charge is 0.495 e. The molecule has 4 rings (SSSR count). The van der Waals surface area contributed by atoms with E-state index in [-0.39, 0.29) is 33.1 Å². The molecule has 0 radical (unpaired) electrons. The van der Waals surface area contributed by atoms with Crippen molar-refractivity contribution in [3.63, 3.8) is 0 Å². The number of carbonyl (C=O) groups excluding carboxylic acids is 1. The number of ether oxygens (including phenoxy) is 3. The molecule has 2 N–H and O–H groups in total. The number of amides is 1. The lowest BCUT2D eigenvalue weighted by atomic mass is 10.0. The molecule has 1 saturated heterocycles. The van der Waals surface area contributed by atoms with E-state index in [1.54, 1.807) is 41.0 Å². The lowest BCUT2D eigenvalue weighted by Gasteiger charge is -2.39. The van der Waals surface area contributed by atoms with Crippen LogP contribution in [0.1, 0.15) is 13.8 Å². The van der Waals surface area contributed by atoms with Crippen molar-refractivity contribution in [1.29, 1.82) is 0 Å². The lowest BCUT2D eigenvalue weighted by Crippen LogP contribution is -2.60. The maximum atomic E-state index is 14.0. The van der Waals surface area contributed by atoms with E-state index in [9.17, 15) is 9.59 Å². The summed E-state index contributed by atoms with van der Waals surface area (Å²) in [5, 5.41) is 7.53. The zero-order valence-electron chi connectivity index (χ0n) is 23.7. The van der Waals surface area contributed by atoms with Crippen LogP contribution in [0.4, 0.5) is 5.95 Å². The van der Waals surface area contributed by atoms with Gasteiger partial charge in [-0.3, -0.25) is 14.2 Å². The topological polar surface area (TPSA) is 120 Å². The summed E-state index contributed by atoms with van der Waals surface area (Å²) in [5.74, 6) is 1.02. The molecular weight excluding hydrogens is 571 g/mol. The molecule has 0 bridgehead atoms. The second-order valence-electron chi connectivity index (χ2n) is 9.81. The molecule has 1 aliphatic heterocycles. The first-order valence-corrected chi connectivity index (χ1v) is 13.8. The highest BCUT2D eigenvalue weighted by molar-refractivity contribution is 6.41. The summed E-state index contributed by atoms with van der Waals surface area (Å²) in [6, 6.07) is 3.37. The number of fused-ring (bicyclic) bond motifs is 1. The number of aromatic nitrogens is 3. The van der Waals surface area contributed by atoms with E-state index in [2.05, 4.69) is 20.6 Å². The molecule has 0 saturated carbocycles. The molecule has 0 atom stereocenters. The van der Waals surface area contributed by atoms with Gasteiger partial charge in [-0.2, -0.15) is 4.98 Å². The predicted molar refractivity (Wildman–Crippen MR) is 161 cm³/mol. The first-order chi connectivity index (χ1) is 19.7. The van der Waals surface area contributed by atoms with Gasteiger partial charge in [-0.15, -0.1) is 0 Å². The second kappa shape index (κ2) is 13.5. The van der Waals surface area contributed by atoms with Gasteiger partial charge in [0.25, 0.3) is 5.56 Å². The van der Waals surface area contributed by atoms with Gasteiger partial charge in [0, 0.05) is 75.2 Å². The number of hydrogen-bond donors (Lipinski definition) is 2. The van der Waals surface area contributed by atoms with Crippen LogP contribution in [0, 0.1) is 0 Å². The molecule has 3 aromatic rings. The number of rotatable bonds is 12. The zero-order valence-corrected chi connectivity index (χ0v) is 25.2. The highest BCUT2D eigenvalue weighted by Gasteiger charge is 2.29. The van der Waals surface area contributed by atoms with Crippen LogP contribution in [0.15, 0.2) is 34.8 Å². The molecule has 1 aliphatic rings. The molecule has 1 amide bonds. The van der Waals surface area contributed by atoms with Crippen LogP contribution < -0.4 is 25.7 Å². The van der Waals surface area contributed by atoms with Crippen LogP contribution in [0.3, 0.4) is 0 Å². The van der Waals surface area contributed by atoms with Gasteiger partial charge in [0.05, 0.1) is 36.4 Å². The molecule has 2 aromatic heterocycles. The fraction of sp³-hybridized carbons (Fsp3) is 0.429. The van der Waals surface area contributed by atoms with Crippen molar-refractivity contribution in [1.82, 2.24) is 24.8 Å². The summed E-state index contributed by atoms with van der Waals surface area (Å²) in [7, 11) is 4.56. The van der Waals surface area contributed by atoms with E-state index in [1.165, 1.54) is 14.2 Å². The summed E-state index contributed by atoms with van der Waals surface area (Å²) >= 11 is 13.4. The summed E-state index contributed by atoms with van der Waals surface area (Å²) in [4.78, 5) is 37.1. The summed E-state index contributed by atoms with van der Waals surface area (Å²) in [6.45, 7) is 6.73. The van der Waals surface area contributed by atoms with Crippen LogP contribution in [0.25, 0.3) is 22.2 Å². The minimum atomic E-state index is -0.339. The Hall–Kier alpha value is -3.38. The highest BCUT2D eigenvalue weighted by Crippen LogP contribution is 2.45. The molecule has 220 valence electrons. The van der Waals surface area contributed by atoms with Crippen molar-refractivity contribution in [2.45, 2.75) is 26.4 Å². The van der Waals surface area contributed by atoms with Crippen LogP contribution in [-0.2, 0) is 16.1 Å². The molecule has 11 nitrogen and oxygen atoms in total. The molecule has 0 spiro atoms. The Morgan fingerprint density at radius 2 is 1.78 bits per heavy atom. The number of pyridine rings is 1. The lowest BCUT2D eigenvalue weighted by molar-refractivity contribution is -0.130. The molecule has 0 aliphatic carbocycles. The number of allylic oxidation sites excluding steroid dienone is 1. The SMILES string of the molecule is COCCNc1ncc2cc(-c3c(Cl)c(OC)cc(OC)c3Cl)c(=O)n(CCNC3CN(C(=O)C=C(C)C)C3)c2n1. The van der Waals surface area contributed by atoms with Crippen molar-refractivity contribution in [2.24, 2.45) is 0 Å². The number of anilines is 1. The maximum Gasteiger partial charge on any atom is 0.260 e. The number of benzene rings is 1. The Kier molecular flexibility index (Phi) is 10.1. The third-order valence-corrected chi connectivity index (χ3v) is 7.38. The zero-order chi connectivity index (χ0) is 29.7. The van der Waals surface area contributed by atoms with Gasteiger partial charge < -0.3 is 29.7 Å². The summed E-state index contributed by atoms with van der Waals surface area (Å²) in [5.41, 5.74) is 1.63. The van der Waals surface area contributed by atoms with Gasteiger partial charge in [-0.1, -0.05) is 28.8 Å². The van der Waals surface area contributed by atoms with Crippen LogP contribution in [0.2, 0.25) is 10.0 Å². The van der Waals surface area contributed by atoms with E-state index >= 15 is 0 Å². The second-order valence-corrected chi connectivity index (χ2v) is 10.6. The number of nitrogens with zero attached hydrogens (tertiary/aromatic N) is 4. The number of methoxy groups -OCH3 is 3. The van der Waals surface area contributed by atoms with Crippen molar-refractivity contribution < 1.29 is 19.0 Å². The smallest absolute Gasteiger partial charge is 0.260 e.